The molecule has 4 heteroatoms. The van der Waals surface area contributed by atoms with Crippen LogP contribution in [0.1, 0.15) is 17.8 Å². The molecule has 0 aromatic carbocycles. The summed E-state index contributed by atoms with van der Waals surface area (Å²) >= 11 is 0. The highest BCUT2D eigenvalue weighted by molar-refractivity contribution is 5.76. The maximum Gasteiger partial charge on any atom is 0.221 e. The highest BCUT2D eigenvalue weighted by Crippen LogP contribution is 2.07. The van der Waals surface area contributed by atoms with E-state index in [0.717, 1.165) is 5.69 Å². The lowest BCUT2D eigenvalue weighted by molar-refractivity contribution is -0.117. The van der Waals surface area contributed by atoms with Crippen molar-refractivity contribution < 1.29 is 9.18 Å². The van der Waals surface area contributed by atoms with E-state index < -0.39 is 11.7 Å². The Bertz CT molecular complexity index is 374. The van der Waals surface area contributed by atoms with Crippen molar-refractivity contribution in [3.05, 3.63) is 35.4 Å². The minimum absolute atomic E-state index is 0.0923. The number of carbonyl (C=O) groups excluding carboxylic acids is 1. The van der Waals surface area contributed by atoms with Crippen LogP contribution in [0.15, 0.2) is 18.2 Å². The molecule has 74 valence electrons. The summed E-state index contributed by atoms with van der Waals surface area (Å²) in [7, 11) is 0. The second-order valence-electron chi connectivity index (χ2n) is 2.89. The lowest BCUT2D eigenvalue weighted by Crippen LogP contribution is -2.08. The highest BCUT2D eigenvalue weighted by atomic mass is 19.1. The maximum atomic E-state index is 13.1. The van der Waals surface area contributed by atoms with Crippen LogP contribution in [0.3, 0.4) is 0 Å². The van der Waals surface area contributed by atoms with Gasteiger partial charge in [0.25, 0.3) is 0 Å². The number of pyridine rings is 1. The number of hydrogen-bond acceptors (Lipinski definition) is 2. The van der Waals surface area contributed by atoms with Crippen LogP contribution in [0, 0.1) is 12.7 Å². The zero-order chi connectivity index (χ0) is 10.6. The molecule has 0 aliphatic carbocycles. The lowest BCUT2D eigenvalue weighted by atomic mass is 10.2. The molecule has 1 amide bonds. The van der Waals surface area contributed by atoms with Gasteiger partial charge in [0, 0.05) is 12.1 Å². The van der Waals surface area contributed by atoms with Crippen molar-refractivity contribution in [3.8, 4) is 0 Å². The van der Waals surface area contributed by atoms with Crippen molar-refractivity contribution in [1.82, 2.24) is 4.98 Å². The molecule has 2 N–H and O–H groups in total. The molecule has 0 aliphatic rings. The van der Waals surface area contributed by atoms with Crippen LogP contribution in [0.25, 0.3) is 6.08 Å². The molecule has 0 saturated heterocycles. The number of nitrogens with two attached hydrogens (primary N) is 1. The number of nitrogens with zero attached hydrogens (tertiary/aromatic N) is 1. The van der Waals surface area contributed by atoms with Gasteiger partial charge in [0.05, 0.1) is 5.69 Å². The Kier molecular flexibility index (Phi) is 3.34. The number of aromatic nitrogens is 1. The first kappa shape index (κ1) is 10.4. The number of amides is 1. The normalized spacial score (nSPS) is 10.7. The maximum absolute atomic E-state index is 13.1. The molecule has 3 nitrogen and oxygen atoms in total. The van der Waals surface area contributed by atoms with Crippen molar-refractivity contribution >= 4 is 12.0 Å². The number of hydrogen-bond donors (Lipinski definition) is 1. The summed E-state index contributed by atoms with van der Waals surface area (Å²) in [6.07, 6.45) is 3.04. The molecular weight excluding hydrogens is 183 g/mol. The van der Waals surface area contributed by atoms with Crippen LogP contribution < -0.4 is 5.73 Å². The van der Waals surface area contributed by atoms with Gasteiger partial charge >= 0.3 is 0 Å². The monoisotopic (exact) mass is 194 g/mol. The zero-order valence-corrected chi connectivity index (χ0v) is 7.83. The average Bonchev–Trinajstić information content (AvgIpc) is 2.10. The van der Waals surface area contributed by atoms with E-state index in [1.807, 2.05) is 0 Å². The third kappa shape index (κ3) is 2.97. The molecular formula is C10H11FN2O. The van der Waals surface area contributed by atoms with Crippen molar-refractivity contribution in [1.29, 1.82) is 0 Å². The average molecular weight is 194 g/mol. The molecule has 0 spiro atoms. The van der Waals surface area contributed by atoms with Crippen LogP contribution >= 0.6 is 0 Å². The first-order valence-corrected chi connectivity index (χ1v) is 4.17. The van der Waals surface area contributed by atoms with Gasteiger partial charge in [0.2, 0.25) is 5.91 Å². The van der Waals surface area contributed by atoms with Gasteiger partial charge in [-0.1, -0.05) is 6.08 Å². The van der Waals surface area contributed by atoms with E-state index in [9.17, 15) is 9.18 Å². The first-order chi connectivity index (χ1) is 6.59. The van der Waals surface area contributed by atoms with Gasteiger partial charge in [-0.15, -0.1) is 0 Å². The standard InChI is InChI=1S/C10H11FN2O/c1-7-5-6-8(11)9(13-7)3-2-4-10(12)14/h2-3,5-6H,4H2,1H3,(H2,12,14). The Labute approximate surface area is 81.5 Å². The van der Waals surface area contributed by atoms with Crippen LogP contribution in [-0.2, 0) is 4.79 Å². The second kappa shape index (κ2) is 4.50. The topological polar surface area (TPSA) is 56.0 Å². The van der Waals surface area contributed by atoms with Crippen LogP contribution in [0.5, 0.6) is 0 Å². The van der Waals surface area contributed by atoms with Gasteiger partial charge in [-0.25, -0.2) is 4.39 Å². The number of rotatable bonds is 3. The summed E-state index contributed by atoms with van der Waals surface area (Å²) in [6.45, 7) is 1.77. The van der Waals surface area contributed by atoms with E-state index >= 15 is 0 Å². The molecule has 1 rings (SSSR count). The Morgan fingerprint density at radius 3 is 3.00 bits per heavy atom. The third-order valence-electron chi connectivity index (χ3n) is 1.61. The SMILES string of the molecule is Cc1ccc(F)c(C=CCC(N)=O)n1. The van der Waals surface area contributed by atoms with E-state index in [0.29, 0.717) is 0 Å². The number of carbonyl (C=O) groups is 1. The zero-order valence-electron chi connectivity index (χ0n) is 7.83. The smallest absolute Gasteiger partial charge is 0.221 e. The van der Waals surface area contributed by atoms with E-state index in [4.69, 9.17) is 5.73 Å². The fraction of sp³-hybridized carbons (Fsp3) is 0.200. The van der Waals surface area contributed by atoms with Gasteiger partial charge < -0.3 is 5.73 Å². The fourth-order valence-corrected chi connectivity index (χ4v) is 0.963. The predicted molar refractivity (Wildman–Crippen MR) is 51.8 cm³/mol. The summed E-state index contributed by atoms with van der Waals surface area (Å²) in [6, 6.07) is 2.92. The lowest BCUT2D eigenvalue weighted by Gasteiger charge is -1.97. The molecule has 0 bridgehead atoms. The largest absolute Gasteiger partial charge is 0.369 e. The molecule has 0 saturated carbocycles. The van der Waals surface area contributed by atoms with Gasteiger partial charge in [0.15, 0.2) is 0 Å². The van der Waals surface area contributed by atoms with E-state index in [2.05, 4.69) is 4.98 Å². The molecule has 0 aliphatic heterocycles. The summed E-state index contributed by atoms with van der Waals surface area (Å²) < 4.78 is 13.1. The van der Waals surface area contributed by atoms with Gasteiger partial charge in [-0.3, -0.25) is 9.78 Å². The van der Waals surface area contributed by atoms with Crippen molar-refractivity contribution in [2.75, 3.05) is 0 Å². The molecule has 0 atom stereocenters. The summed E-state index contributed by atoms with van der Waals surface area (Å²) in [5, 5.41) is 0. The van der Waals surface area contributed by atoms with Gasteiger partial charge in [0.1, 0.15) is 5.82 Å². The minimum Gasteiger partial charge on any atom is -0.369 e. The van der Waals surface area contributed by atoms with Crippen LogP contribution in [-0.4, -0.2) is 10.9 Å². The van der Waals surface area contributed by atoms with Crippen LogP contribution in [0.4, 0.5) is 4.39 Å². The highest BCUT2D eigenvalue weighted by Gasteiger charge is 1.99. The van der Waals surface area contributed by atoms with Gasteiger partial charge in [-0.05, 0) is 25.1 Å². The van der Waals surface area contributed by atoms with Crippen molar-refractivity contribution in [2.24, 2.45) is 5.73 Å². The molecule has 1 aromatic rings. The number of aryl methyl sites for hydroxylation is 1. The third-order valence-corrected chi connectivity index (χ3v) is 1.61. The Balaban J connectivity index is 2.80. The van der Waals surface area contributed by atoms with E-state index in [-0.39, 0.29) is 12.1 Å². The van der Waals surface area contributed by atoms with Crippen molar-refractivity contribution in [3.63, 3.8) is 0 Å². The molecule has 1 heterocycles. The summed E-state index contributed by atoms with van der Waals surface area (Å²) in [5.74, 6) is -0.856. The molecule has 14 heavy (non-hydrogen) atoms. The minimum atomic E-state index is -0.450. The summed E-state index contributed by atoms with van der Waals surface area (Å²) in [5.41, 5.74) is 5.88. The first-order valence-electron chi connectivity index (χ1n) is 4.17. The van der Waals surface area contributed by atoms with E-state index in [1.165, 1.54) is 18.2 Å². The van der Waals surface area contributed by atoms with Crippen LogP contribution in [0.2, 0.25) is 0 Å². The Hall–Kier alpha value is -1.71. The quantitative estimate of drug-likeness (QED) is 0.791. The number of halogens is 1. The predicted octanol–water partition coefficient (Wildman–Crippen LogP) is 1.42. The molecule has 0 radical (unpaired) electrons. The molecule has 0 unspecified atom stereocenters. The fourth-order valence-electron chi connectivity index (χ4n) is 0.963. The summed E-state index contributed by atoms with van der Waals surface area (Å²) in [4.78, 5) is 14.4. The molecule has 1 aromatic heterocycles. The molecule has 0 fully saturated rings. The Morgan fingerprint density at radius 1 is 1.64 bits per heavy atom. The Morgan fingerprint density at radius 2 is 2.36 bits per heavy atom. The number of primary amides is 1. The van der Waals surface area contributed by atoms with Crippen molar-refractivity contribution in [2.45, 2.75) is 13.3 Å². The van der Waals surface area contributed by atoms with Gasteiger partial charge in [-0.2, -0.15) is 0 Å². The van der Waals surface area contributed by atoms with E-state index in [1.54, 1.807) is 13.0 Å². The second-order valence-corrected chi connectivity index (χ2v) is 2.89.